The predicted octanol–water partition coefficient (Wildman–Crippen LogP) is 6.63. The van der Waals surface area contributed by atoms with Crippen molar-refractivity contribution in [2.75, 3.05) is 12.4 Å². The van der Waals surface area contributed by atoms with Gasteiger partial charge in [0.05, 0.1) is 5.41 Å². The van der Waals surface area contributed by atoms with Gasteiger partial charge in [-0.2, -0.15) is 11.8 Å². The molecule has 1 aliphatic carbocycles. The van der Waals surface area contributed by atoms with E-state index in [0.717, 1.165) is 59.9 Å². The van der Waals surface area contributed by atoms with Gasteiger partial charge in [0.25, 0.3) is 0 Å². The highest BCUT2D eigenvalue weighted by Crippen LogP contribution is 2.54. The molecule has 0 bridgehead atoms. The van der Waals surface area contributed by atoms with Crippen molar-refractivity contribution < 1.29 is 8.82 Å². The zero-order valence-electron chi connectivity index (χ0n) is 22.3. The number of hydrogen-bond acceptors (Lipinski definition) is 5. The van der Waals surface area contributed by atoms with Gasteiger partial charge >= 0.3 is 0 Å². The molecule has 8 heteroatoms. The lowest BCUT2D eigenvalue weighted by Gasteiger charge is -2.39. The van der Waals surface area contributed by atoms with E-state index in [4.69, 9.17) is 4.43 Å². The standard InChI is InChI=1S/C28H37FN4OSSi/c1-26(2,3)36(5,6)34-19-27(4)17-24-31-32-25(33(24)14-15-35-27)28(11-12-28)22-10-9-20(16-23(22)29)21-8-7-13-30-18-21/h7-10,13,16,18H,11-12,14-15,17,19H2,1-6H3. The number of thioether (sulfide) groups is 1. The zero-order chi connectivity index (χ0) is 25.8. The Bertz CT molecular complexity index is 1250. The van der Waals surface area contributed by atoms with Crippen LogP contribution in [-0.2, 0) is 22.8 Å². The van der Waals surface area contributed by atoms with Gasteiger partial charge in [-0.25, -0.2) is 4.39 Å². The highest BCUT2D eigenvalue weighted by atomic mass is 32.2. The van der Waals surface area contributed by atoms with Crippen LogP contribution in [0.2, 0.25) is 18.1 Å². The Balaban J connectivity index is 1.40. The number of benzene rings is 1. The zero-order valence-corrected chi connectivity index (χ0v) is 24.1. The highest BCUT2D eigenvalue weighted by molar-refractivity contribution is 8.00. The normalized spacial score (nSPS) is 21.6. The van der Waals surface area contributed by atoms with Crippen LogP contribution in [0.4, 0.5) is 4.39 Å². The van der Waals surface area contributed by atoms with E-state index in [2.05, 4.69) is 60.5 Å². The molecule has 3 heterocycles. The van der Waals surface area contributed by atoms with E-state index >= 15 is 4.39 Å². The van der Waals surface area contributed by atoms with Crippen LogP contribution < -0.4 is 0 Å². The molecule has 2 aliphatic rings. The van der Waals surface area contributed by atoms with Crippen molar-refractivity contribution in [3.63, 3.8) is 0 Å². The monoisotopic (exact) mass is 524 g/mol. The van der Waals surface area contributed by atoms with Gasteiger partial charge in [-0.15, -0.1) is 10.2 Å². The molecular weight excluding hydrogens is 487 g/mol. The maximum absolute atomic E-state index is 15.5. The fourth-order valence-electron chi connectivity index (χ4n) is 4.82. The third-order valence-corrected chi connectivity index (χ3v) is 14.2. The smallest absolute Gasteiger partial charge is 0.192 e. The summed E-state index contributed by atoms with van der Waals surface area (Å²) in [7, 11) is -1.84. The van der Waals surface area contributed by atoms with E-state index in [9.17, 15) is 0 Å². The fraction of sp³-hybridized carbons (Fsp3) is 0.536. The molecule has 1 atom stereocenters. The Morgan fingerprint density at radius 3 is 2.56 bits per heavy atom. The van der Waals surface area contributed by atoms with Crippen molar-refractivity contribution >= 4 is 20.1 Å². The minimum absolute atomic E-state index is 0.0542. The van der Waals surface area contributed by atoms with Crippen LogP contribution in [0.3, 0.4) is 0 Å². The molecule has 5 nitrogen and oxygen atoms in total. The van der Waals surface area contributed by atoms with Crippen LogP contribution in [0.25, 0.3) is 11.1 Å². The van der Waals surface area contributed by atoms with Crippen LogP contribution >= 0.6 is 11.8 Å². The molecule has 36 heavy (non-hydrogen) atoms. The van der Waals surface area contributed by atoms with Crippen molar-refractivity contribution in [1.82, 2.24) is 19.7 Å². The molecule has 192 valence electrons. The Labute approximate surface area is 219 Å². The van der Waals surface area contributed by atoms with E-state index in [1.165, 1.54) is 0 Å². The van der Waals surface area contributed by atoms with E-state index in [1.807, 2.05) is 36.0 Å². The first-order chi connectivity index (χ1) is 16.9. The summed E-state index contributed by atoms with van der Waals surface area (Å²) in [5.41, 5.74) is 2.10. The maximum Gasteiger partial charge on any atom is 0.192 e. The molecule has 0 N–H and O–H groups in total. The molecular formula is C28H37FN4OSSi. The van der Waals surface area contributed by atoms with Crippen LogP contribution in [-0.4, -0.2) is 45.2 Å². The Morgan fingerprint density at radius 1 is 1.14 bits per heavy atom. The summed E-state index contributed by atoms with van der Waals surface area (Å²) in [6.07, 6.45) is 6.09. The Hall–Kier alpha value is -2.03. The van der Waals surface area contributed by atoms with Crippen molar-refractivity contribution in [3.8, 4) is 11.1 Å². The minimum atomic E-state index is -1.84. The SMILES string of the molecule is CC1(CO[Si](C)(C)C(C)(C)C)Cc2nnc(C3(c4ccc(-c5cccnc5)cc4F)CC3)n2CCS1. The van der Waals surface area contributed by atoms with E-state index in [0.29, 0.717) is 6.61 Å². The summed E-state index contributed by atoms with van der Waals surface area (Å²) in [5.74, 6) is 2.70. The molecule has 0 radical (unpaired) electrons. The second-order valence-electron chi connectivity index (χ2n) is 12.1. The lowest BCUT2D eigenvalue weighted by Crippen LogP contribution is -2.45. The first kappa shape index (κ1) is 25.6. The summed E-state index contributed by atoms with van der Waals surface area (Å²) in [5, 5.41) is 9.52. The molecule has 0 amide bonds. The van der Waals surface area contributed by atoms with Gasteiger partial charge < -0.3 is 8.99 Å². The molecule has 3 aromatic rings. The minimum Gasteiger partial charge on any atom is -0.415 e. The van der Waals surface area contributed by atoms with Crippen LogP contribution in [0.15, 0.2) is 42.7 Å². The van der Waals surface area contributed by atoms with Crippen molar-refractivity contribution in [2.24, 2.45) is 0 Å². The molecule has 5 rings (SSSR count). The molecule has 2 aromatic heterocycles. The number of aromatic nitrogens is 4. The third kappa shape index (κ3) is 4.68. The van der Waals surface area contributed by atoms with E-state index < -0.39 is 8.32 Å². The molecule has 0 saturated heterocycles. The lowest BCUT2D eigenvalue weighted by molar-refractivity contribution is 0.252. The third-order valence-electron chi connectivity index (χ3n) is 8.33. The van der Waals surface area contributed by atoms with Gasteiger partial charge in [0.1, 0.15) is 17.5 Å². The first-order valence-corrected chi connectivity index (χ1v) is 16.7. The summed E-state index contributed by atoms with van der Waals surface area (Å²) in [4.78, 5) is 4.17. The van der Waals surface area contributed by atoms with Crippen molar-refractivity contribution in [2.45, 2.75) is 81.8 Å². The van der Waals surface area contributed by atoms with E-state index in [1.54, 1.807) is 18.5 Å². The van der Waals surface area contributed by atoms with Gasteiger partial charge in [-0.3, -0.25) is 4.98 Å². The number of rotatable bonds is 6. The topological polar surface area (TPSA) is 52.8 Å². The largest absolute Gasteiger partial charge is 0.415 e. The Kier molecular flexibility index (Phi) is 6.45. The number of nitrogens with zero attached hydrogens (tertiary/aromatic N) is 4. The van der Waals surface area contributed by atoms with E-state index in [-0.39, 0.29) is 21.0 Å². The number of fused-ring (bicyclic) bond motifs is 1. The lowest BCUT2D eigenvalue weighted by atomic mass is 9.92. The summed E-state index contributed by atoms with van der Waals surface area (Å²) in [6.45, 7) is 15.3. The van der Waals surface area contributed by atoms with Crippen LogP contribution in [0, 0.1) is 5.82 Å². The number of halogens is 1. The van der Waals surface area contributed by atoms with Gasteiger partial charge in [0.15, 0.2) is 8.32 Å². The number of pyridine rings is 1. The van der Waals surface area contributed by atoms with Crippen LogP contribution in [0.1, 0.15) is 57.7 Å². The predicted molar refractivity (Wildman–Crippen MR) is 147 cm³/mol. The van der Waals surface area contributed by atoms with Gasteiger partial charge in [-0.05, 0) is 55.6 Å². The summed E-state index contributed by atoms with van der Waals surface area (Å²) < 4.78 is 24.4. The first-order valence-electron chi connectivity index (χ1n) is 12.9. The molecule has 1 saturated carbocycles. The van der Waals surface area contributed by atoms with Crippen molar-refractivity contribution in [3.05, 3.63) is 65.8 Å². The maximum atomic E-state index is 15.5. The summed E-state index contributed by atoms with van der Waals surface area (Å²) in [6, 6.07) is 9.40. The Morgan fingerprint density at radius 2 is 1.92 bits per heavy atom. The number of hydrogen-bond donors (Lipinski definition) is 0. The second kappa shape index (κ2) is 9.06. The average molecular weight is 525 g/mol. The van der Waals surface area contributed by atoms with Crippen molar-refractivity contribution in [1.29, 1.82) is 0 Å². The highest BCUT2D eigenvalue weighted by Gasteiger charge is 2.52. The summed E-state index contributed by atoms with van der Waals surface area (Å²) >= 11 is 1.97. The molecule has 0 spiro atoms. The fourth-order valence-corrected chi connectivity index (χ4v) is 7.18. The van der Waals surface area contributed by atoms with Crippen LogP contribution in [0.5, 0.6) is 0 Å². The average Bonchev–Trinajstić information content (AvgIpc) is 3.56. The second-order valence-corrected chi connectivity index (χ2v) is 18.6. The molecule has 1 aromatic carbocycles. The molecule has 1 fully saturated rings. The molecule has 1 aliphatic heterocycles. The molecule has 1 unspecified atom stereocenters. The van der Waals surface area contributed by atoms with Gasteiger partial charge in [0.2, 0.25) is 0 Å². The van der Waals surface area contributed by atoms with Gasteiger partial charge in [-0.1, -0.05) is 39.0 Å². The quantitative estimate of drug-likeness (QED) is 0.339. The van der Waals surface area contributed by atoms with Gasteiger partial charge in [0, 0.05) is 53.6 Å².